The van der Waals surface area contributed by atoms with E-state index in [4.69, 9.17) is 15.2 Å². The van der Waals surface area contributed by atoms with E-state index in [9.17, 15) is 4.79 Å². The summed E-state index contributed by atoms with van der Waals surface area (Å²) in [6.07, 6.45) is 1.73. The highest BCUT2D eigenvalue weighted by Crippen LogP contribution is 2.30. The predicted molar refractivity (Wildman–Crippen MR) is 86.8 cm³/mol. The van der Waals surface area contributed by atoms with Gasteiger partial charge in [-0.05, 0) is 60.9 Å². The number of benzene rings is 2. The number of nitrogens with two attached hydrogens (primary N) is 1. The molecule has 0 aliphatic heterocycles. The molecule has 2 aromatic rings. The third kappa shape index (κ3) is 3.39. The van der Waals surface area contributed by atoms with E-state index in [1.165, 1.54) is 0 Å². The van der Waals surface area contributed by atoms with Gasteiger partial charge in [0.05, 0.1) is 7.11 Å². The van der Waals surface area contributed by atoms with Crippen molar-refractivity contribution >= 4 is 5.91 Å². The Bertz CT molecular complexity index is 663. The lowest BCUT2D eigenvalue weighted by Crippen LogP contribution is -2.15. The number of carbonyl (C=O) groups excluding carboxylic acids is 1. The van der Waals surface area contributed by atoms with Crippen LogP contribution in [-0.2, 0) is 6.42 Å². The number of methoxy groups -OCH3 is 1. The molecule has 22 heavy (non-hydrogen) atoms. The van der Waals surface area contributed by atoms with Crippen LogP contribution in [0.3, 0.4) is 0 Å². The number of carbonyl (C=O) groups is 1. The summed E-state index contributed by atoms with van der Waals surface area (Å²) in [5.74, 6) is 1.83. The Kier molecular flexibility index (Phi) is 5.04. The third-order valence-electron chi connectivity index (χ3n) is 3.60. The molecule has 0 aliphatic carbocycles. The lowest BCUT2D eigenvalue weighted by atomic mass is 9.96. The number of rotatable bonds is 6. The molecule has 2 aromatic carbocycles. The minimum Gasteiger partial charge on any atom is -0.497 e. The molecule has 0 aromatic heterocycles. The van der Waals surface area contributed by atoms with E-state index in [0.29, 0.717) is 5.56 Å². The lowest BCUT2D eigenvalue weighted by molar-refractivity contribution is 0.0999. The molecule has 4 nitrogen and oxygen atoms in total. The SMILES string of the molecule is CCCc1c(C(N)=O)ccc(Oc2ccc(OC)cc2)c1C. The van der Waals surface area contributed by atoms with Crippen LogP contribution < -0.4 is 15.2 Å². The minimum atomic E-state index is -0.400. The van der Waals surface area contributed by atoms with Crippen molar-refractivity contribution in [2.45, 2.75) is 26.7 Å². The van der Waals surface area contributed by atoms with Gasteiger partial charge in [-0.25, -0.2) is 0 Å². The molecule has 0 unspecified atom stereocenters. The van der Waals surface area contributed by atoms with Gasteiger partial charge in [0.25, 0.3) is 0 Å². The van der Waals surface area contributed by atoms with Crippen molar-refractivity contribution in [3.63, 3.8) is 0 Å². The van der Waals surface area contributed by atoms with Gasteiger partial charge in [-0.2, -0.15) is 0 Å². The van der Waals surface area contributed by atoms with Crippen molar-refractivity contribution in [1.82, 2.24) is 0 Å². The standard InChI is InChI=1S/C18H21NO3/c1-4-5-15-12(2)17(11-10-16(15)18(19)20)22-14-8-6-13(21-3)7-9-14/h6-11H,4-5H2,1-3H3,(H2,19,20). The largest absolute Gasteiger partial charge is 0.497 e. The van der Waals surface area contributed by atoms with Gasteiger partial charge >= 0.3 is 0 Å². The van der Waals surface area contributed by atoms with Gasteiger partial charge in [0.15, 0.2) is 0 Å². The monoisotopic (exact) mass is 299 g/mol. The number of primary amides is 1. The van der Waals surface area contributed by atoms with Crippen LogP contribution in [0.15, 0.2) is 36.4 Å². The van der Waals surface area contributed by atoms with Crippen LogP contribution in [-0.4, -0.2) is 13.0 Å². The first kappa shape index (κ1) is 15.9. The molecule has 0 spiro atoms. The smallest absolute Gasteiger partial charge is 0.248 e. The van der Waals surface area contributed by atoms with Crippen LogP contribution in [0.1, 0.15) is 34.8 Å². The molecule has 0 aliphatic rings. The van der Waals surface area contributed by atoms with Crippen LogP contribution in [0.25, 0.3) is 0 Å². The van der Waals surface area contributed by atoms with Crippen molar-refractivity contribution in [1.29, 1.82) is 0 Å². The normalized spacial score (nSPS) is 10.3. The summed E-state index contributed by atoms with van der Waals surface area (Å²) in [7, 11) is 1.62. The lowest BCUT2D eigenvalue weighted by Gasteiger charge is -2.15. The summed E-state index contributed by atoms with van der Waals surface area (Å²) in [6.45, 7) is 4.03. The highest BCUT2D eigenvalue weighted by atomic mass is 16.5. The van der Waals surface area contributed by atoms with E-state index in [1.54, 1.807) is 19.2 Å². The van der Waals surface area contributed by atoms with Crippen molar-refractivity contribution in [2.75, 3.05) is 7.11 Å². The van der Waals surface area contributed by atoms with E-state index in [-0.39, 0.29) is 0 Å². The molecule has 116 valence electrons. The van der Waals surface area contributed by atoms with Crippen molar-refractivity contribution in [2.24, 2.45) is 5.73 Å². The molecular formula is C18H21NO3. The second-order valence-electron chi connectivity index (χ2n) is 5.11. The zero-order valence-electron chi connectivity index (χ0n) is 13.2. The Morgan fingerprint density at radius 1 is 1.09 bits per heavy atom. The maximum atomic E-state index is 11.6. The second-order valence-corrected chi connectivity index (χ2v) is 5.11. The van der Waals surface area contributed by atoms with Gasteiger partial charge in [-0.1, -0.05) is 13.3 Å². The van der Waals surface area contributed by atoms with Gasteiger partial charge < -0.3 is 15.2 Å². The summed E-state index contributed by atoms with van der Waals surface area (Å²) in [5.41, 5.74) is 7.94. The van der Waals surface area contributed by atoms with Crippen LogP contribution in [0, 0.1) is 6.92 Å². The first-order valence-corrected chi connectivity index (χ1v) is 7.31. The maximum absolute atomic E-state index is 11.6. The molecule has 0 saturated heterocycles. The van der Waals surface area contributed by atoms with Crippen LogP contribution in [0.2, 0.25) is 0 Å². The topological polar surface area (TPSA) is 61.6 Å². The third-order valence-corrected chi connectivity index (χ3v) is 3.60. The van der Waals surface area contributed by atoms with E-state index in [2.05, 4.69) is 6.92 Å². The molecule has 0 bridgehead atoms. The average Bonchev–Trinajstić information content (AvgIpc) is 2.52. The molecular weight excluding hydrogens is 278 g/mol. The van der Waals surface area contributed by atoms with E-state index >= 15 is 0 Å². The van der Waals surface area contributed by atoms with Crippen LogP contribution in [0.4, 0.5) is 0 Å². The maximum Gasteiger partial charge on any atom is 0.248 e. The molecule has 2 N–H and O–H groups in total. The zero-order chi connectivity index (χ0) is 16.1. The molecule has 4 heteroatoms. The molecule has 0 heterocycles. The minimum absolute atomic E-state index is 0.400. The van der Waals surface area contributed by atoms with E-state index in [0.717, 1.165) is 41.2 Å². The van der Waals surface area contributed by atoms with Gasteiger partial charge in [0.1, 0.15) is 17.2 Å². The highest BCUT2D eigenvalue weighted by molar-refractivity contribution is 5.95. The summed E-state index contributed by atoms with van der Waals surface area (Å²) in [4.78, 5) is 11.6. The number of hydrogen-bond acceptors (Lipinski definition) is 3. The fourth-order valence-electron chi connectivity index (χ4n) is 2.42. The zero-order valence-corrected chi connectivity index (χ0v) is 13.2. The molecule has 0 saturated carbocycles. The summed E-state index contributed by atoms with van der Waals surface area (Å²) in [5, 5.41) is 0. The molecule has 1 amide bonds. The number of amides is 1. The summed E-state index contributed by atoms with van der Waals surface area (Å²) in [6, 6.07) is 10.9. The van der Waals surface area contributed by atoms with Gasteiger partial charge in [0.2, 0.25) is 5.91 Å². The first-order chi connectivity index (χ1) is 10.6. The predicted octanol–water partition coefficient (Wildman–Crippen LogP) is 3.85. The quantitative estimate of drug-likeness (QED) is 0.881. The van der Waals surface area contributed by atoms with Gasteiger partial charge in [0, 0.05) is 5.56 Å². The Morgan fingerprint density at radius 3 is 2.27 bits per heavy atom. The van der Waals surface area contributed by atoms with E-state index < -0.39 is 5.91 Å². The second kappa shape index (κ2) is 6.98. The fraction of sp³-hybridized carbons (Fsp3) is 0.278. The summed E-state index contributed by atoms with van der Waals surface area (Å²) >= 11 is 0. The highest BCUT2D eigenvalue weighted by Gasteiger charge is 2.14. The fourth-order valence-corrected chi connectivity index (χ4v) is 2.42. The van der Waals surface area contributed by atoms with E-state index in [1.807, 2.05) is 31.2 Å². The van der Waals surface area contributed by atoms with Gasteiger partial charge in [-0.15, -0.1) is 0 Å². The number of ether oxygens (including phenoxy) is 2. The average molecular weight is 299 g/mol. The first-order valence-electron chi connectivity index (χ1n) is 7.31. The molecule has 2 rings (SSSR count). The Morgan fingerprint density at radius 2 is 1.73 bits per heavy atom. The van der Waals surface area contributed by atoms with Crippen molar-refractivity contribution in [3.8, 4) is 17.2 Å². The van der Waals surface area contributed by atoms with Crippen molar-refractivity contribution in [3.05, 3.63) is 53.1 Å². The number of hydrogen-bond donors (Lipinski definition) is 1. The Labute approximate surface area is 130 Å². The Hall–Kier alpha value is -2.49. The Balaban J connectivity index is 2.34. The molecule has 0 radical (unpaired) electrons. The van der Waals surface area contributed by atoms with Crippen LogP contribution >= 0.6 is 0 Å². The molecule has 0 fully saturated rings. The van der Waals surface area contributed by atoms with Crippen molar-refractivity contribution < 1.29 is 14.3 Å². The summed E-state index contributed by atoms with van der Waals surface area (Å²) < 4.78 is 11.1. The van der Waals surface area contributed by atoms with Gasteiger partial charge in [-0.3, -0.25) is 4.79 Å². The molecule has 0 atom stereocenters. The van der Waals surface area contributed by atoms with Crippen LogP contribution in [0.5, 0.6) is 17.2 Å².